The van der Waals surface area contributed by atoms with Crippen molar-refractivity contribution in [1.29, 1.82) is 0 Å². The van der Waals surface area contributed by atoms with Crippen molar-refractivity contribution in [2.24, 2.45) is 0 Å². The Morgan fingerprint density at radius 3 is 2.76 bits per heavy atom. The number of piperidine rings is 1. The van der Waals surface area contributed by atoms with Gasteiger partial charge < -0.3 is 4.90 Å². The van der Waals surface area contributed by atoms with Crippen molar-refractivity contribution in [3.8, 4) is 0 Å². The van der Waals surface area contributed by atoms with E-state index in [1.54, 1.807) is 17.4 Å². The molecule has 0 radical (unpaired) electrons. The molecule has 0 bridgehead atoms. The van der Waals surface area contributed by atoms with Crippen LogP contribution in [0.4, 0.5) is 5.13 Å². The van der Waals surface area contributed by atoms with Gasteiger partial charge in [0.2, 0.25) is 0 Å². The Hall–Kier alpha value is -0.870. The molecular formula is C12H15ClN2OS. The lowest BCUT2D eigenvalue weighted by atomic mass is 10.1. The lowest BCUT2D eigenvalue weighted by Crippen LogP contribution is -2.29. The maximum atomic E-state index is 10.9. The smallest absolute Gasteiger partial charge is 0.187 e. The fourth-order valence-corrected chi connectivity index (χ4v) is 3.04. The molecular weight excluding hydrogens is 256 g/mol. The van der Waals surface area contributed by atoms with Gasteiger partial charge in [0.15, 0.2) is 10.9 Å². The van der Waals surface area contributed by atoms with Crippen LogP contribution < -0.4 is 4.90 Å². The van der Waals surface area contributed by atoms with E-state index < -0.39 is 0 Å². The lowest BCUT2D eigenvalue weighted by Gasteiger charge is -2.25. The van der Waals surface area contributed by atoms with Crippen LogP contribution in [0.5, 0.6) is 0 Å². The maximum Gasteiger partial charge on any atom is 0.187 e. The summed E-state index contributed by atoms with van der Waals surface area (Å²) in [5.74, 6) is 0.0222. The number of allylic oxidation sites excluding steroid dienone is 1. The molecule has 2 rings (SSSR count). The number of carbonyl (C=O) groups is 1. The number of carbonyl (C=O) groups excluding carboxylic acids is 1. The molecule has 92 valence electrons. The van der Waals surface area contributed by atoms with Crippen LogP contribution in [-0.4, -0.2) is 23.9 Å². The van der Waals surface area contributed by atoms with Gasteiger partial charge >= 0.3 is 0 Å². The second-order valence-corrected chi connectivity index (χ2v) is 5.51. The first-order valence-electron chi connectivity index (χ1n) is 5.77. The molecule has 1 aliphatic rings. The Morgan fingerprint density at radius 2 is 2.12 bits per heavy atom. The van der Waals surface area contributed by atoms with Gasteiger partial charge in [-0.1, -0.05) is 22.9 Å². The third-order valence-electron chi connectivity index (χ3n) is 2.69. The zero-order chi connectivity index (χ0) is 12.3. The first-order chi connectivity index (χ1) is 8.16. The standard InChI is InChI=1S/C12H15ClN2OS/c1-9(16)5-6-10-11(13)14-12(17-10)15-7-3-2-4-8-15/h5-6H,2-4,7-8H2,1H3. The first-order valence-corrected chi connectivity index (χ1v) is 6.96. The Morgan fingerprint density at radius 1 is 1.41 bits per heavy atom. The van der Waals surface area contributed by atoms with E-state index in [-0.39, 0.29) is 5.78 Å². The van der Waals surface area contributed by atoms with Gasteiger partial charge in [0.05, 0.1) is 4.88 Å². The normalized spacial score (nSPS) is 16.7. The average molecular weight is 271 g/mol. The Labute approximate surface area is 110 Å². The van der Waals surface area contributed by atoms with Crippen LogP contribution >= 0.6 is 22.9 Å². The number of anilines is 1. The third-order valence-corrected chi connectivity index (χ3v) is 4.18. The molecule has 0 saturated carbocycles. The zero-order valence-corrected chi connectivity index (χ0v) is 11.4. The zero-order valence-electron chi connectivity index (χ0n) is 9.78. The van der Waals surface area contributed by atoms with Gasteiger partial charge in [0, 0.05) is 13.1 Å². The highest BCUT2D eigenvalue weighted by atomic mass is 35.5. The van der Waals surface area contributed by atoms with Crippen molar-refractivity contribution < 1.29 is 4.79 Å². The highest BCUT2D eigenvalue weighted by molar-refractivity contribution is 7.17. The maximum absolute atomic E-state index is 10.9. The van der Waals surface area contributed by atoms with Crippen LogP contribution in [0, 0.1) is 0 Å². The molecule has 1 saturated heterocycles. The van der Waals surface area contributed by atoms with Gasteiger partial charge in [0.1, 0.15) is 5.15 Å². The number of rotatable bonds is 3. The summed E-state index contributed by atoms with van der Waals surface area (Å²) in [4.78, 5) is 18.4. The van der Waals surface area contributed by atoms with Crippen molar-refractivity contribution in [3.63, 3.8) is 0 Å². The van der Waals surface area contributed by atoms with E-state index in [2.05, 4.69) is 9.88 Å². The molecule has 1 aliphatic heterocycles. The van der Waals surface area contributed by atoms with E-state index in [9.17, 15) is 4.79 Å². The molecule has 1 fully saturated rings. The van der Waals surface area contributed by atoms with Crippen LogP contribution in [0.25, 0.3) is 6.08 Å². The second-order valence-electron chi connectivity index (χ2n) is 4.14. The van der Waals surface area contributed by atoms with Gasteiger partial charge in [-0.15, -0.1) is 0 Å². The van der Waals surface area contributed by atoms with Gasteiger partial charge in [-0.3, -0.25) is 4.79 Å². The van der Waals surface area contributed by atoms with E-state index in [1.165, 1.54) is 32.3 Å². The van der Waals surface area contributed by atoms with Crippen LogP contribution in [0.15, 0.2) is 6.08 Å². The predicted molar refractivity (Wildman–Crippen MR) is 72.9 cm³/mol. The number of hydrogen-bond donors (Lipinski definition) is 0. The predicted octanol–water partition coefficient (Wildman–Crippen LogP) is 3.39. The quantitative estimate of drug-likeness (QED) is 0.790. The molecule has 0 spiro atoms. The Balaban J connectivity index is 2.14. The van der Waals surface area contributed by atoms with Gasteiger partial charge in [-0.2, -0.15) is 0 Å². The van der Waals surface area contributed by atoms with Crippen molar-refractivity contribution in [3.05, 3.63) is 16.1 Å². The highest BCUT2D eigenvalue weighted by Gasteiger charge is 2.16. The molecule has 5 heteroatoms. The average Bonchev–Trinajstić information content (AvgIpc) is 2.69. The van der Waals surface area contributed by atoms with Crippen LogP contribution in [-0.2, 0) is 4.79 Å². The summed E-state index contributed by atoms with van der Waals surface area (Å²) in [6.07, 6.45) is 7.01. The number of thiazole rings is 1. The fraction of sp³-hybridized carbons (Fsp3) is 0.500. The molecule has 0 unspecified atom stereocenters. The summed E-state index contributed by atoms with van der Waals surface area (Å²) < 4.78 is 0. The van der Waals surface area contributed by atoms with Crippen molar-refractivity contribution >= 4 is 39.9 Å². The van der Waals surface area contributed by atoms with Gasteiger partial charge in [-0.25, -0.2) is 4.98 Å². The largest absolute Gasteiger partial charge is 0.348 e. The molecule has 2 heterocycles. The summed E-state index contributed by atoms with van der Waals surface area (Å²) in [7, 11) is 0. The lowest BCUT2D eigenvalue weighted by molar-refractivity contribution is -0.112. The van der Waals surface area contributed by atoms with E-state index in [0.717, 1.165) is 23.1 Å². The fourth-order valence-electron chi connectivity index (χ4n) is 1.82. The molecule has 0 N–H and O–H groups in total. The highest BCUT2D eigenvalue weighted by Crippen LogP contribution is 2.32. The van der Waals surface area contributed by atoms with Crippen LogP contribution in [0.3, 0.4) is 0 Å². The minimum Gasteiger partial charge on any atom is -0.348 e. The molecule has 3 nitrogen and oxygen atoms in total. The molecule has 1 aromatic rings. The van der Waals surface area contributed by atoms with Crippen molar-refractivity contribution in [2.45, 2.75) is 26.2 Å². The number of nitrogens with zero attached hydrogens (tertiary/aromatic N) is 2. The van der Waals surface area contributed by atoms with Crippen LogP contribution in [0.1, 0.15) is 31.1 Å². The molecule has 1 aromatic heterocycles. The number of hydrogen-bond acceptors (Lipinski definition) is 4. The van der Waals surface area contributed by atoms with Gasteiger partial charge in [-0.05, 0) is 38.3 Å². The number of halogens is 1. The first kappa shape index (κ1) is 12.6. The summed E-state index contributed by atoms with van der Waals surface area (Å²) in [5.41, 5.74) is 0. The summed E-state index contributed by atoms with van der Waals surface area (Å²) in [6, 6.07) is 0. The molecule has 0 atom stereocenters. The van der Waals surface area contributed by atoms with Crippen LogP contribution in [0.2, 0.25) is 5.15 Å². The second kappa shape index (κ2) is 5.65. The monoisotopic (exact) mass is 270 g/mol. The topological polar surface area (TPSA) is 33.2 Å². The van der Waals surface area contributed by atoms with E-state index in [1.807, 2.05) is 0 Å². The molecule has 0 aliphatic carbocycles. The molecule has 0 amide bonds. The number of aromatic nitrogens is 1. The van der Waals surface area contributed by atoms with Crippen molar-refractivity contribution in [2.75, 3.05) is 18.0 Å². The van der Waals surface area contributed by atoms with Crippen molar-refractivity contribution in [1.82, 2.24) is 4.98 Å². The van der Waals surface area contributed by atoms with E-state index in [0.29, 0.717) is 5.15 Å². The summed E-state index contributed by atoms with van der Waals surface area (Å²) in [6.45, 7) is 3.64. The van der Waals surface area contributed by atoms with E-state index >= 15 is 0 Å². The molecule has 0 aromatic carbocycles. The van der Waals surface area contributed by atoms with E-state index in [4.69, 9.17) is 11.6 Å². The Kier molecular flexibility index (Phi) is 4.18. The third kappa shape index (κ3) is 3.30. The minimum absolute atomic E-state index is 0.0222. The van der Waals surface area contributed by atoms with Gasteiger partial charge in [0.25, 0.3) is 0 Å². The Bertz CT molecular complexity index is 436. The SMILES string of the molecule is CC(=O)C=Cc1sc(N2CCCCC2)nc1Cl. The minimum atomic E-state index is 0.0222. The summed E-state index contributed by atoms with van der Waals surface area (Å²) in [5, 5.41) is 1.46. The number of ketones is 1. The summed E-state index contributed by atoms with van der Waals surface area (Å²) >= 11 is 7.61. The molecule has 17 heavy (non-hydrogen) atoms.